The van der Waals surface area contributed by atoms with Crippen LogP contribution in [0.1, 0.15) is 98.3 Å². The van der Waals surface area contributed by atoms with Crippen LogP contribution < -0.4 is 0 Å². The summed E-state index contributed by atoms with van der Waals surface area (Å²) < 4.78 is 0. The van der Waals surface area contributed by atoms with Gasteiger partial charge in [-0.15, -0.1) is 0 Å². The zero-order valence-electron chi connectivity index (χ0n) is 14.6. The van der Waals surface area contributed by atoms with E-state index in [1.54, 1.807) is 0 Å². The average molecular weight is 279 g/mol. The number of hydrogen-bond donors (Lipinski definition) is 0. The summed E-state index contributed by atoms with van der Waals surface area (Å²) in [6.07, 6.45) is 23.9. The SMILES string of the molecule is CCCC=CCC=CCCCCCCCC(C)(C)CC. The van der Waals surface area contributed by atoms with Crippen molar-refractivity contribution in [3.05, 3.63) is 24.3 Å². The van der Waals surface area contributed by atoms with E-state index in [-0.39, 0.29) is 0 Å². The Hall–Kier alpha value is -0.520. The first-order valence-corrected chi connectivity index (χ1v) is 8.92. The number of allylic oxidation sites excluding steroid dienone is 4. The molecule has 0 heteroatoms. The maximum absolute atomic E-state index is 2.40. The predicted molar refractivity (Wildman–Crippen MR) is 94.2 cm³/mol. The smallest absolute Gasteiger partial charge is 0.0169 e. The Morgan fingerprint density at radius 1 is 0.700 bits per heavy atom. The van der Waals surface area contributed by atoms with Gasteiger partial charge in [-0.2, -0.15) is 0 Å². The molecule has 0 saturated carbocycles. The van der Waals surface area contributed by atoms with Crippen LogP contribution in [0.25, 0.3) is 0 Å². The summed E-state index contributed by atoms with van der Waals surface area (Å²) in [7, 11) is 0. The van der Waals surface area contributed by atoms with Crippen molar-refractivity contribution in [1.29, 1.82) is 0 Å². The first-order valence-electron chi connectivity index (χ1n) is 8.92. The van der Waals surface area contributed by atoms with E-state index in [1.165, 1.54) is 64.2 Å². The molecule has 118 valence electrons. The minimum absolute atomic E-state index is 0.564. The van der Waals surface area contributed by atoms with Gasteiger partial charge in [-0.25, -0.2) is 0 Å². The lowest BCUT2D eigenvalue weighted by atomic mass is 9.84. The van der Waals surface area contributed by atoms with Gasteiger partial charge in [0.15, 0.2) is 0 Å². The van der Waals surface area contributed by atoms with Gasteiger partial charge in [0.25, 0.3) is 0 Å². The van der Waals surface area contributed by atoms with Crippen LogP contribution in [0, 0.1) is 5.41 Å². The molecule has 0 amide bonds. The molecule has 0 aliphatic carbocycles. The quantitative estimate of drug-likeness (QED) is 0.242. The van der Waals surface area contributed by atoms with Crippen molar-refractivity contribution in [3.8, 4) is 0 Å². The Balaban J connectivity index is 3.26. The van der Waals surface area contributed by atoms with E-state index in [9.17, 15) is 0 Å². The third-order valence-electron chi connectivity index (χ3n) is 4.24. The molecule has 20 heavy (non-hydrogen) atoms. The van der Waals surface area contributed by atoms with Gasteiger partial charge < -0.3 is 0 Å². The third kappa shape index (κ3) is 13.9. The van der Waals surface area contributed by atoms with Crippen molar-refractivity contribution in [2.75, 3.05) is 0 Å². The van der Waals surface area contributed by atoms with Gasteiger partial charge in [0.2, 0.25) is 0 Å². The maximum Gasteiger partial charge on any atom is -0.0169 e. The molecule has 0 aliphatic heterocycles. The number of hydrogen-bond acceptors (Lipinski definition) is 0. The fourth-order valence-corrected chi connectivity index (χ4v) is 2.25. The van der Waals surface area contributed by atoms with Crippen LogP contribution in [0.5, 0.6) is 0 Å². The third-order valence-corrected chi connectivity index (χ3v) is 4.24. The zero-order chi connectivity index (χ0) is 15.1. The molecule has 0 spiro atoms. The van der Waals surface area contributed by atoms with E-state index < -0.39 is 0 Å². The molecule has 0 heterocycles. The Bertz CT molecular complexity index is 245. The lowest BCUT2D eigenvalue weighted by molar-refractivity contribution is 0.307. The summed E-state index contributed by atoms with van der Waals surface area (Å²) in [6, 6.07) is 0. The Morgan fingerprint density at radius 3 is 1.95 bits per heavy atom. The second-order valence-corrected chi connectivity index (χ2v) is 6.79. The molecule has 0 unspecified atom stereocenters. The van der Waals surface area contributed by atoms with Gasteiger partial charge >= 0.3 is 0 Å². The van der Waals surface area contributed by atoms with Crippen molar-refractivity contribution in [3.63, 3.8) is 0 Å². The highest BCUT2D eigenvalue weighted by Crippen LogP contribution is 2.27. The van der Waals surface area contributed by atoms with E-state index in [1.807, 2.05) is 0 Å². The van der Waals surface area contributed by atoms with Crippen molar-refractivity contribution < 1.29 is 0 Å². The summed E-state index contributed by atoms with van der Waals surface area (Å²) in [6.45, 7) is 9.33. The van der Waals surface area contributed by atoms with E-state index >= 15 is 0 Å². The Morgan fingerprint density at radius 2 is 1.30 bits per heavy atom. The summed E-state index contributed by atoms with van der Waals surface area (Å²) in [5.74, 6) is 0. The second-order valence-electron chi connectivity index (χ2n) is 6.79. The number of rotatable bonds is 13. The topological polar surface area (TPSA) is 0 Å². The summed E-state index contributed by atoms with van der Waals surface area (Å²) in [5.41, 5.74) is 0.564. The van der Waals surface area contributed by atoms with Crippen LogP contribution in [-0.4, -0.2) is 0 Å². The molecule has 0 N–H and O–H groups in total. The lowest BCUT2D eigenvalue weighted by Gasteiger charge is -2.22. The molecule has 0 nitrogen and oxygen atoms in total. The zero-order valence-corrected chi connectivity index (χ0v) is 14.6. The van der Waals surface area contributed by atoms with E-state index in [2.05, 4.69) is 52.0 Å². The molecular weight excluding hydrogens is 240 g/mol. The molecule has 0 atom stereocenters. The lowest BCUT2D eigenvalue weighted by Crippen LogP contribution is -2.08. The van der Waals surface area contributed by atoms with E-state index in [4.69, 9.17) is 0 Å². The largest absolute Gasteiger partial charge is 0.0882 e. The van der Waals surface area contributed by atoms with Crippen LogP contribution in [0.3, 0.4) is 0 Å². The highest BCUT2D eigenvalue weighted by molar-refractivity contribution is 4.92. The monoisotopic (exact) mass is 278 g/mol. The van der Waals surface area contributed by atoms with E-state index in [0.717, 1.165) is 6.42 Å². The summed E-state index contributed by atoms with van der Waals surface area (Å²) in [5, 5.41) is 0. The maximum atomic E-state index is 2.40. The van der Waals surface area contributed by atoms with Gasteiger partial charge in [0.1, 0.15) is 0 Å². The van der Waals surface area contributed by atoms with Crippen LogP contribution in [0.2, 0.25) is 0 Å². The van der Waals surface area contributed by atoms with Crippen molar-refractivity contribution >= 4 is 0 Å². The van der Waals surface area contributed by atoms with Gasteiger partial charge in [0, 0.05) is 0 Å². The van der Waals surface area contributed by atoms with Crippen molar-refractivity contribution in [2.45, 2.75) is 98.3 Å². The van der Waals surface area contributed by atoms with Crippen LogP contribution in [0.4, 0.5) is 0 Å². The Kier molecular flexibility index (Phi) is 13.1. The predicted octanol–water partition coefficient (Wildman–Crippen LogP) is 7.46. The summed E-state index contributed by atoms with van der Waals surface area (Å²) >= 11 is 0. The first-order chi connectivity index (χ1) is 9.62. The normalized spacial score (nSPS) is 12.8. The molecule has 0 rings (SSSR count). The molecular formula is C20H38. The fraction of sp³-hybridized carbons (Fsp3) is 0.800. The van der Waals surface area contributed by atoms with E-state index in [0.29, 0.717) is 5.41 Å². The molecule has 0 saturated heterocycles. The summed E-state index contributed by atoms with van der Waals surface area (Å²) in [4.78, 5) is 0. The Labute approximate surface area is 128 Å². The highest BCUT2D eigenvalue weighted by Gasteiger charge is 2.13. The fourth-order valence-electron chi connectivity index (χ4n) is 2.25. The van der Waals surface area contributed by atoms with Gasteiger partial charge in [-0.05, 0) is 37.5 Å². The molecule has 0 fully saturated rings. The minimum atomic E-state index is 0.564. The second kappa shape index (κ2) is 13.5. The number of unbranched alkanes of at least 4 members (excludes halogenated alkanes) is 6. The average Bonchev–Trinajstić information content (AvgIpc) is 2.44. The van der Waals surface area contributed by atoms with Gasteiger partial charge in [-0.3, -0.25) is 0 Å². The molecule has 0 aromatic heterocycles. The molecule has 0 aliphatic rings. The minimum Gasteiger partial charge on any atom is -0.0882 e. The van der Waals surface area contributed by atoms with Crippen LogP contribution in [0.15, 0.2) is 24.3 Å². The molecule has 0 radical (unpaired) electrons. The van der Waals surface area contributed by atoms with Gasteiger partial charge in [-0.1, -0.05) is 90.5 Å². The van der Waals surface area contributed by atoms with Gasteiger partial charge in [0.05, 0.1) is 0 Å². The van der Waals surface area contributed by atoms with Crippen LogP contribution in [-0.2, 0) is 0 Å². The van der Waals surface area contributed by atoms with Crippen LogP contribution >= 0.6 is 0 Å². The highest BCUT2D eigenvalue weighted by atomic mass is 14.2. The standard InChI is InChI=1S/C20H38/c1-5-7-8-9-10-11-12-13-14-15-16-17-18-19-20(3,4)6-2/h8-9,11-12H,5-7,10,13-19H2,1-4H3. The molecule has 0 bridgehead atoms. The molecule has 0 aromatic rings. The van der Waals surface area contributed by atoms with Crippen molar-refractivity contribution in [2.24, 2.45) is 5.41 Å². The molecule has 0 aromatic carbocycles. The van der Waals surface area contributed by atoms with Crippen molar-refractivity contribution in [1.82, 2.24) is 0 Å². The first kappa shape index (κ1) is 19.5.